The molecule has 0 saturated carbocycles. The van der Waals surface area contributed by atoms with Gasteiger partial charge >= 0.3 is 0 Å². The van der Waals surface area contributed by atoms with E-state index < -0.39 is 0 Å². The van der Waals surface area contributed by atoms with E-state index in [0.29, 0.717) is 21.7 Å². The third kappa shape index (κ3) is 3.31. The van der Waals surface area contributed by atoms with Gasteiger partial charge in [-0.25, -0.2) is 9.97 Å². The third-order valence-corrected chi connectivity index (χ3v) is 4.06. The van der Waals surface area contributed by atoms with Crippen LogP contribution in [0.25, 0.3) is 22.5 Å². The lowest BCUT2D eigenvalue weighted by molar-refractivity contribution is 0.415. The fraction of sp³-hybridized carbons (Fsp3) is 0.111. The van der Waals surface area contributed by atoms with E-state index in [9.17, 15) is 0 Å². The number of aromatic nitrogens is 2. The zero-order chi connectivity index (χ0) is 16.4. The van der Waals surface area contributed by atoms with Crippen molar-refractivity contribution in [3.05, 3.63) is 64.4 Å². The van der Waals surface area contributed by atoms with Gasteiger partial charge in [-0.15, -0.1) is 0 Å². The van der Waals surface area contributed by atoms with Crippen LogP contribution in [0.1, 0.15) is 5.56 Å². The largest absolute Gasteiger partial charge is 0.497 e. The monoisotopic (exact) mass is 344 g/mol. The maximum Gasteiger partial charge on any atom is 0.162 e. The van der Waals surface area contributed by atoms with E-state index in [2.05, 4.69) is 9.97 Å². The second kappa shape index (κ2) is 6.57. The summed E-state index contributed by atoms with van der Waals surface area (Å²) in [5, 5.41) is 0.666. The molecule has 1 heterocycles. The van der Waals surface area contributed by atoms with Crippen molar-refractivity contribution in [2.45, 2.75) is 6.92 Å². The molecule has 3 aromatic rings. The number of halogens is 2. The summed E-state index contributed by atoms with van der Waals surface area (Å²) in [7, 11) is 1.62. The van der Waals surface area contributed by atoms with Crippen LogP contribution in [0, 0.1) is 6.92 Å². The highest BCUT2D eigenvalue weighted by atomic mass is 35.5. The van der Waals surface area contributed by atoms with Crippen molar-refractivity contribution in [3.8, 4) is 28.3 Å². The second-order valence-corrected chi connectivity index (χ2v) is 5.81. The number of methoxy groups -OCH3 is 1. The zero-order valence-corrected chi connectivity index (χ0v) is 14.2. The minimum Gasteiger partial charge on any atom is -0.497 e. The van der Waals surface area contributed by atoms with E-state index in [1.54, 1.807) is 7.11 Å². The predicted octanol–water partition coefficient (Wildman–Crippen LogP) is 5.43. The molecule has 0 spiro atoms. The van der Waals surface area contributed by atoms with Crippen LogP contribution < -0.4 is 4.74 Å². The summed E-state index contributed by atoms with van der Waals surface area (Å²) in [6, 6.07) is 15.3. The molecule has 0 saturated heterocycles. The molecule has 5 heteroatoms. The Hall–Kier alpha value is -2.10. The van der Waals surface area contributed by atoms with Gasteiger partial charge in [-0.3, -0.25) is 0 Å². The predicted molar refractivity (Wildman–Crippen MR) is 94.2 cm³/mol. The van der Waals surface area contributed by atoms with Crippen molar-refractivity contribution >= 4 is 23.2 Å². The molecule has 3 nitrogen and oxygen atoms in total. The van der Waals surface area contributed by atoms with Gasteiger partial charge in [0.25, 0.3) is 0 Å². The lowest BCUT2D eigenvalue weighted by atomic mass is 10.1. The molecule has 0 N–H and O–H groups in total. The first-order chi connectivity index (χ1) is 11.1. The topological polar surface area (TPSA) is 35.0 Å². The summed E-state index contributed by atoms with van der Waals surface area (Å²) in [4.78, 5) is 8.78. The van der Waals surface area contributed by atoms with Gasteiger partial charge in [-0.2, -0.15) is 0 Å². The number of benzene rings is 2. The van der Waals surface area contributed by atoms with Crippen LogP contribution in [0.4, 0.5) is 0 Å². The number of hydrogen-bond acceptors (Lipinski definition) is 3. The molecular formula is C18H14Cl2N2O. The maximum atomic E-state index is 6.36. The van der Waals surface area contributed by atoms with Crippen molar-refractivity contribution in [1.82, 2.24) is 9.97 Å². The molecule has 3 rings (SSSR count). The van der Waals surface area contributed by atoms with Gasteiger partial charge in [0.2, 0.25) is 0 Å². The van der Waals surface area contributed by atoms with Crippen molar-refractivity contribution in [2.24, 2.45) is 0 Å². The lowest BCUT2D eigenvalue weighted by Gasteiger charge is -2.09. The molecule has 0 aliphatic heterocycles. The van der Waals surface area contributed by atoms with Gasteiger partial charge in [0, 0.05) is 5.56 Å². The highest BCUT2D eigenvalue weighted by Gasteiger charge is 2.14. The van der Waals surface area contributed by atoms with Crippen molar-refractivity contribution in [3.63, 3.8) is 0 Å². The Balaban J connectivity index is 2.04. The Bertz CT molecular complexity index is 808. The van der Waals surface area contributed by atoms with Crippen LogP contribution in [0.2, 0.25) is 10.3 Å². The van der Waals surface area contributed by atoms with Crippen LogP contribution in [0.5, 0.6) is 5.75 Å². The normalized spacial score (nSPS) is 10.6. The van der Waals surface area contributed by atoms with Crippen LogP contribution in [-0.4, -0.2) is 17.1 Å². The summed E-state index contributed by atoms with van der Waals surface area (Å²) < 4.78 is 5.15. The van der Waals surface area contributed by atoms with Gasteiger partial charge in [-0.1, -0.05) is 53.0 Å². The zero-order valence-electron chi connectivity index (χ0n) is 12.7. The second-order valence-electron chi connectivity index (χ2n) is 5.10. The standard InChI is InChI=1S/C18H14Cl2N2O/c1-11-3-5-12(6-4-11)15-16(19)21-18(22-17(15)20)13-7-9-14(23-2)10-8-13/h3-10H,1-2H3. The third-order valence-electron chi connectivity index (χ3n) is 3.51. The number of nitrogens with zero attached hydrogens (tertiary/aromatic N) is 2. The Morgan fingerprint density at radius 1 is 0.783 bits per heavy atom. The number of rotatable bonds is 3. The highest BCUT2D eigenvalue weighted by Crippen LogP contribution is 2.34. The molecule has 0 aliphatic rings. The number of hydrogen-bond donors (Lipinski definition) is 0. The molecule has 23 heavy (non-hydrogen) atoms. The lowest BCUT2D eigenvalue weighted by Crippen LogP contribution is -1.95. The van der Waals surface area contributed by atoms with Crippen molar-refractivity contribution in [2.75, 3.05) is 7.11 Å². The number of ether oxygens (including phenoxy) is 1. The van der Waals surface area contributed by atoms with Gasteiger partial charge < -0.3 is 4.74 Å². The number of aryl methyl sites for hydroxylation is 1. The molecule has 0 fully saturated rings. The van der Waals surface area contributed by atoms with Crippen LogP contribution >= 0.6 is 23.2 Å². The summed E-state index contributed by atoms with van der Waals surface area (Å²) >= 11 is 12.7. The molecule has 0 radical (unpaired) electrons. The average molecular weight is 345 g/mol. The van der Waals surface area contributed by atoms with E-state index in [1.165, 1.54) is 0 Å². The molecule has 1 aromatic heterocycles. The summed E-state index contributed by atoms with van der Waals surface area (Å²) in [5.41, 5.74) is 3.53. The molecular weight excluding hydrogens is 331 g/mol. The quantitative estimate of drug-likeness (QED) is 0.593. The Labute approximate surface area is 144 Å². The Morgan fingerprint density at radius 3 is 1.83 bits per heavy atom. The van der Waals surface area contributed by atoms with E-state index in [-0.39, 0.29) is 0 Å². The average Bonchev–Trinajstić information content (AvgIpc) is 2.56. The van der Waals surface area contributed by atoms with Gasteiger partial charge in [0.05, 0.1) is 12.7 Å². The van der Waals surface area contributed by atoms with Crippen molar-refractivity contribution in [1.29, 1.82) is 0 Å². The van der Waals surface area contributed by atoms with E-state index in [0.717, 1.165) is 22.4 Å². The fourth-order valence-corrected chi connectivity index (χ4v) is 2.84. The molecule has 0 unspecified atom stereocenters. The first-order valence-corrected chi connectivity index (χ1v) is 7.78. The molecule has 0 atom stereocenters. The molecule has 0 aliphatic carbocycles. The first kappa shape index (κ1) is 15.8. The van der Waals surface area contributed by atoms with Crippen LogP contribution in [-0.2, 0) is 0 Å². The summed E-state index contributed by atoms with van der Waals surface area (Å²) in [6.45, 7) is 2.02. The van der Waals surface area contributed by atoms with E-state index in [4.69, 9.17) is 27.9 Å². The fourth-order valence-electron chi connectivity index (χ4n) is 2.24. The van der Waals surface area contributed by atoms with Gasteiger partial charge in [0.15, 0.2) is 5.82 Å². The molecule has 2 aromatic carbocycles. The maximum absolute atomic E-state index is 6.36. The van der Waals surface area contributed by atoms with Gasteiger partial charge in [-0.05, 0) is 36.8 Å². The minimum atomic E-state index is 0.333. The molecule has 0 bridgehead atoms. The first-order valence-electron chi connectivity index (χ1n) is 7.03. The van der Waals surface area contributed by atoms with Crippen molar-refractivity contribution < 1.29 is 4.74 Å². The smallest absolute Gasteiger partial charge is 0.162 e. The molecule has 116 valence electrons. The van der Waals surface area contributed by atoms with E-state index >= 15 is 0 Å². The van der Waals surface area contributed by atoms with Crippen LogP contribution in [0.15, 0.2) is 48.5 Å². The Morgan fingerprint density at radius 2 is 1.30 bits per heavy atom. The summed E-state index contributed by atoms with van der Waals surface area (Å²) in [5.74, 6) is 1.25. The Kier molecular flexibility index (Phi) is 4.51. The van der Waals surface area contributed by atoms with E-state index in [1.807, 2.05) is 55.5 Å². The molecule has 0 amide bonds. The SMILES string of the molecule is COc1ccc(-c2nc(Cl)c(-c3ccc(C)cc3)c(Cl)n2)cc1. The van der Waals surface area contributed by atoms with Crippen LogP contribution in [0.3, 0.4) is 0 Å². The van der Waals surface area contributed by atoms with Gasteiger partial charge in [0.1, 0.15) is 16.1 Å². The highest BCUT2D eigenvalue weighted by molar-refractivity contribution is 6.37. The minimum absolute atomic E-state index is 0.333. The summed E-state index contributed by atoms with van der Waals surface area (Å²) in [6.07, 6.45) is 0.